The molecule has 0 unspecified atom stereocenters. The third-order valence-electron chi connectivity index (χ3n) is 2.23. The summed E-state index contributed by atoms with van der Waals surface area (Å²) in [6.07, 6.45) is 2.99. The normalized spacial score (nSPS) is 10.1. The maximum absolute atomic E-state index is 5.62. The highest BCUT2D eigenvalue weighted by Crippen LogP contribution is 2.25. The average molecular weight is 324 g/mol. The van der Waals surface area contributed by atoms with Crippen molar-refractivity contribution < 1.29 is 4.74 Å². The lowest BCUT2D eigenvalue weighted by Gasteiger charge is -2.07. The minimum absolute atomic E-state index is 0.217. The summed E-state index contributed by atoms with van der Waals surface area (Å²) < 4.78 is 6.62. The van der Waals surface area contributed by atoms with Crippen molar-refractivity contribution >= 4 is 33.1 Å². The number of hydrogen-bond acceptors (Lipinski definition) is 4. The first kappa shape index (κ1) is 12.9. The number of aryl methyl sites for hydroxylation is 1. The number of aromatic nitrogens is 2. The Bertz CT molecular complexity index is 586. The third kappa shape index (κ3) is 3.02. The van der Waals surface area contributed by atoms with Crippen molar-refractivity contribution in [1.82, 2.24) is 9.97 Å². The second-order valence-electron chi connectivity index (χ2n) is 3.62. The van der Waals surface area contributed by atoms with Crippen molar-refractivity contribution in [2.75, 3.05) is 0 Å². The minimum atomic E-state index is 0.217. The van der Waals surface area contributed by atoms with E-state index in [1.807, 2.05) is 25.1 Å². The number of rotatable bonds is 3. The van der Waals surface area contributed by atoms with Gasteiger partial charge in [0, 0.05) is 4.47 Å². The molecule has 0 radical (unpaired) electrons. The number of benzene rings is 1. The number of hydrogen-bond donors (Lipinski definition) is 1. The van der Waals surface area contributed by atoms with E-state index in [1.165, 1.54) is 12.4 Å². The number of halogens is 1. The molecule has 1 heterocycles. The minimum Gasteiger partial charge on any atom is -0.437 e. The Morgan fingerprint density at radius 1 is 1.33 bits per heavy atom. The van der Waals surface area contributed by atoms with E-state index in [1.54, 1.807) is 0 Å². The van der Waals surface area contributed by atoms with E-state index >= 15 is 0 Å². The van der Waals surface area contributed by atoms with Crippen LogP contribution in [0, 0.1) is 6.92 Å². The first-order valence-electron chi connectivity index (χ1n) is 5.12. The molecule has 0 bridgehead atoms. The van der Waals surface area contributed by atoms with Crippen LogP contribution in [0.25, 0.3) is 0 Å². The van der Waals surface area contributed by atoms with Gasteiger partial charge in [-0.25, -0.2) is 9.97 Å². The van der Waals surface area contributed by atoms with Gasteiger partial charge in [-0.3, -0.25) is 0 Å². The van der Waals surface area contributed by atoms with E-state index in [2.05, 4.69) is 25.9 Å². The Labute approximate surface area is 118 Å². The standard InChI is InChI=1S/C12H10BrN3OS/c1-7-4-8(13)2-3-10(7)17-11-6-15-9(5-16-11)12(14)18/h2-6H,1H3,(H2,14,18). The van der Waals surface area contributed by atoms with Gasteiger partial charge in [0.15, 0.2) is 0 Å². The average Bonchev–Trinajstić information content (AvgIpc) is 2.33. The van der Waals surface area contributed by atoms with Crippen LogP contribution in [0.4, 0.5) is 0 Å². The molecule has 0 saturated heterocycles. The van der Waals surface area contributed by atoms with Gasteiger partial charge in [-0.05, 0) is 30.7 Å². The monoisotopic (exact) mass is 323 g/mol. The summed E-state index contributed by atoms with van der Waals surface area (Å²) in [5.41, 5.74) is 6.92. The molecule has 0 saturated carbocycles. The van der Waals surface area contributed by atoms with Crippen LogP contribution in [0.3, 0.4) is 0 Å². The van der Waals surface area contributed by atoms with Crippen molar-refractivity contribution in [1.29, 1.82) is 0 Å². The van der Waals surface area contributed by atoms with Crippen molar-refractivity contribution in [2.24, 2.45) is 5.73 Å². The van der Waals surface area contributed by atoms with E-state index < -0.39 is 0 Å². The molecule has 0 spiro atoms. The number of nitrogens with zero attached hydrogens (tertiary/aromatic N) is 2. The number of ether oxygens (including phenoxy) is 1. The summed E-state index contributed by atoms with van der Waals surface area (Å²) in [6, 6.07) is 5.73. The summed E-state index contributed by atoms with van der Waals surface area (Å²) in [7, 11) is 0. The van der Waals surface area contributed by atoms with E-state index in [0.717, 1.165) is 15.8 Å². The van der Waals surface area contributed by atoms with Crippen LogP contribution in [-0.4, -0.2) is 15.0 Å². The summed E-state index contributed by atoms with van der Waals surface area (Å²) >= 11 is 8.19. The highest BCUT2D eigenvalue weighted by molar-refractivity contribution is 9.10. The van der Waals surface area contributed by atoms with Crippen molar-refractivity contribution in [2.45, 2.75) is 6.92 Å². The van der Waals surface area contributed by atoms with Crippen LogP contribution < -0.4 is 10.5 Å². The van der Waals surface area contributed by atoms with Gasteiger partial charge in [0.2, 0.25) is 5.88 Å². The van der Waals surface area contributed by atoms with Crippen LogP contribution in [0.5, 0.6) is 11.6 Å². The second kappa shape index (κ2) is 5.41. The number of nitrogens with two attached hydrogens (primary N) is 1. The maximum atomic E-state index is 5.62. The van der Waals surface area contributed by atoms with E-state index in [4.69, 9.17) is 22.7 Å². The predicted molar refractivity (Wildman–Crippen MR) is 76.9 cm³/mol. The molecule has 1 aromatic carbocycles. The molecule has 0 aliphatic heterocycles. The third-order valence-corrected chi connectivity index (χ3v) is 2.93. The van der Waals surface area contributed by atoms with Crippen LogP contribution >= 0.6 is 28.1 Å². The largest absolute Gasteiger partial charge is 0.437 e. The molecular formula is C12H10BrN3OS. The van der Waals surface area contributed by atoms with Gasteiger partial charge in [-0.15, -0.1) is 0 Å². The molecule has 2 aromatic rings. The molecule has 0 amide bonds. The molecule has 6 heteroatoms. The van der Waals surface area contributed by atoms with Crippen molar-refractivity contribution in [3.8, 4) is 11.6 Å². The van der Waals surface area contributed by atoms with E-state index in [9.17, 15) is 0 Å². The van der Waals surface area contributed by atoms with E-state index in [-0.39, 0.29) is 4.99 Å². The fraction of sp³-hybridized carbons (Fsp3) is 0.0833. The molecular weight excluding hydrogens is 314 g/mol. The van der Waals surface area contributed by atoms with Gasteiger partial charge in [0.05, 0.1) is 12.4 Å². The molecule has 4 nitrogen and oxygen atoms in total. The van der Waals surface area contributed by atoms with Gasteiger partial charge >= 0.3 is 0 Å². The summed E-state index contributed by atoms with van der Waals surface area (Å²) in [6.45, 7) is 1.96. The molecule has 2 N–H and O–H groups in total. The molecule has 2 rings (SSSR count). The zero-order chi connectivity index (χ0) is 13.1. The van der Waals surface area contributed by atoms with Gasteiger partial charge in [-0.2, -0.15) is 0 Å². The quantitative estimate of drug-likeness (QED) is 0.880. The Morgan fingerprint density at radius 3 is 2.67 bits per heavy atom. The first-order valence-corrected chi connectivity index (χ1v) is 6.32. The Kier molecular flexibility index (Phi) is 3.88. The van der Waals surface area contributed by atoms with Crippen LogP contribution in [-0.2, 0) is 0 Å². The topological polar surface area (TPSA) is 61.0 Å². The van der Waals surface area contributed by atoms with Crippen LogP contribution in [0.1, 0.15) is 11.3 Å². The lowest BCUT2D eigenvalue weighted by molar-refractivity contribution is 0.456. The summed E-state index contributed by atoms with van der Waals surface area (Å²) in [5.74, 6) is 1.14. The van der Waals surface area contributed by atoms with Gasteiger partial charge < -0.3 is 10.5 Å². The maximum Gasteiger partial charge on any atom is 0.237 e. The van der Waals surface area contributed by atoms with Gasteiger partial charge in [-0.1, -0.05) is 28.1 Å². The number of thiocarbonyl (C=S) groups is 1. The van der Waals surface area contributed by atoms with E-state index in [0.29, 0.717) is 11.6 Å². The Morgan fingerprint density at radius 2 is 2.11 bits per heavy atom. The molecule has 1 aromatic heterocycles. The molecule has 18 heavy (non-hydrogen) atoms. The molecule has 0 aliphatic carbocycles. The Hall–Kier alpha value is -1.53. The summed E-state index contributed by atoms with van der Waals surface area (Å²) in [4.78, 5) is 8.37. The molecule has 0 fully saturated rings. The Balaban J connectivity index is 2.21. The van der Waals surface area contributed by atoms with Crippen molar-refractivity contribution in [3.63, 3.8) is 0 Å². The lowest BCUT2D eigenvalue weighted by atomic mass is 10.2. The molecule has 0 atom stereocenters. The molecule has 0 aliphatic rings. The van der Waals surface area contributed by atoms with Gasteiger partial charge in [0.1, 0.15) is 16.4 Å². The highest BCUT2D eigenvalue weighted by atomic mass is 79.9. The smallest absolute Gasteiger partial charge is 0.237 e. The fourth-order valence-electron chi connectivity index (χ4n) is 1.34. The lowest BCUT2D eigenvalue weighted by Crippen LogP contribution is -2.11. The zero-order valence-electron chi connectivity index (χ0n) is 9.55. The van der Waals surface area contributed by atoms with Crippen molar-refractivity contribution in [3.05, 3.63) is 46.3 Å². The zero-order valence-corrected chi connectivity index (χ0v) is 12.0. The predicted octanol–water partition coefficient (Wildman–Crippen LogP) is 2.97. The highest BCUT2D eigenvalue weighted by Gasteiger charge is 2.04. The van der Waals surface area contributed by atoms with Crippen LogP contribution in [0.2, 0.25) is 0 Å². The second-order valence-corrected chi connectivity index (χ2v) is 4.97. The first-order chi connectivity index (χ1) is 8.56. The fourth-order valence-corrected chi connectivity index (χ4v) is 1.92. The van der Waals surface area contributed by atoms with Crippen LogP contribution in [0.15, 0.2) is 35.1 Å². The van der Waals surface area contributed by atoms with Gasteiger partial charge in [0.25, 0.3) is 0 Å². The molecule has 92 valence electrons. The summed E-state index contributed by atoms with van der Waals surface area (Å²) in [5, 5.41) is 0. The SMILES string of the molecule is Cc1cc(Br)ccc1Oc1cnc(C(N)=S)cn1.